The van der Waals surface area contributed by atoms with E-state index in [9.17, 15) is 5.11 Å². The molecule has 150 valence electrons. The molecular formula is C25H23N3O2. The van der Waals surface area contributed by atoms with E-state index in [4.69, 9.17) is 4.74 Å². The van der Waals surface area contributed by atoms with Crippen LogP contribution in [0.15, 0.2) is 85.6 Å². The van der Waals surface area contributed by atoms with Crippen LogP contribution in [0.5, 0.6) is 11.5 Å². The highest BCUT2D eigenvalue weighted by Gasteiger charge is 2.20. The number of hydrogen-bond acceptors (Lipinski definition) is 5. The smallest absolute Gasteiger partial charge is 0.147 e. The van der Waals surface area contributed by atoms with Gasteiger partial charge < -0.3 is 15.2 Å². The molecule has 2 N–H and O–H groups in total. The van der Waals surface area contributed by atoms with Crippen molar-refractivity contribution in [2.45, 2.75) is 13.0 Å². The molecule has 2 aromatic heterocycles. The van der Waals surface area contributed by atoms with Crippen LogP contribution in [0.25, 0.3) is 10.9 Å². The molecule has 0 amide bonds. The van der Waals surface area contributed by atoms with E-state index in [2.05, 4.69) is 21.9 Å². The predicted molar refractivity (Wildman–Crippen MR) is 120 cm³/mol. The number of hydrogen-bond donors (Lipinski definition) is 2. The van der Waals surface area contributed by atoms with Crippen LogP contribution in [0, 0.1) is 6.92 Å². The van der Waals surface area contributed by atoms with Crippen LogP contribution < -0.4 is 10.1 Å². The number of anilines is 1. The molecule has 4 aromatic rings. The molecule has 0 aliphatic heterocycles. The van der Waals surface area contributed by atoms with Crippen molar-refractivity contribution in [3.8, 4) is 11.5 Å². The Morgan fingerprint density at radius 2 is 1.87 bits per heavy atom. The minimum absolute atomic E-state index is 0.164. The normalized spacial score (nSPS) is 11.8. The van der Waals surface area contributed by atoms with Crippen LogP contribution in [0.3, 0.4) is 0 Å². The molecule has 0 radical (unpaired) electrons. The maximum absolute atomic E-state index is 11.1. The molecule has 5 heteroatoms. The van der Waals surface area contributed by atoms with Gasteiger partial charge in [-0.15, -0.1) is 0 Å². The molecule has 0 aliphatic rings. The first-order valence-electron chi connectivity index (χ1n) is 9.76. The lowest BCUT2D eigenvalue weighted by Crippen LogP contribution is -2.13. The fourth-order valence-corrected chi connectivity index (χ4v) is 3.37. The molecule has 0 spiro atoms. The van der Waals surface area contributed by atoms with Crippen molar-refractivity contribution in [3.05, 3.63) is 102 Å². The van der Waals surface area contributed by atoms with Crippen molar-refractivity contribution in [1.82, 2.24) is 9.97 Å². The largest absolute Gasteiger partial charge is 0.505 e. The van der Waals surface area contributed by atoms with Gasteiger partial charge in [-0.1, -0.05) is 49.1 Å². The first-order valence-corrected chi connectivity index (χ1v) is 9.76. The zero-order chi connectivity index (χ0) is 20.9. The summed E-state index contributed by atoms with van der Waals surface area (Å²) in [5.74, 6) is 1.64. The lowest BCUT2D eigenvalue weighted by Gasteiger charge is -2.22. The summed E-state index contributed by atoms with van der Waals surface area (Å²) in [7, 11) is 0. The van der Waals surface area contributed by atoms with Gasteiger partial charge in [0.2, 0.25) is 0 Å². The fraction of sp³-hybridized carbons (Fsp3) is 0.120. The Hall–Kier alpha value is -3.86. The van der Waals surface area contributed by atoms with Gasteiger partial charge in [-0.3, -0.25) is 0 Å². The quantitative estimate of drug-likeness (QED) is 0.408. The van der Waals surface area contributed by atoms with Gasteiger partial charge in [-0.2, -0.15) is 0 Å². The SMILES string of the molecule is C=CCOc1ccc([C@H](Nc2ccccn2)c2ccc3ccc(C)nc3c2O)cc1. The second-order valence-electron chi connectivity index (χ2n) is 6.99. The molecule has 0 unspecified atom stereocenters. The maximum Gasteiger partial charge on any atom is 0.147 e. The predicted octanol–water partition coefficient (Wildman–Crippen LogP) is 5.41. The third-order valence-electron chi connectivity index (χ3n) is 4.86. The highest BCUT2D eigenvalue weighted by Crippen LogP contribution is 2.36. The molecule has 2 aromatic carbocycles. The number of aromatic hydroxyl groups is 1. The lowest BCUT2D eigenvalue weighted by molar-refractivity contribution is 0.363. The second kappa shape index (κ2) is 8.66. The van der Waals surface area contributed by atoms with E-state index in [0.717, 1.165) is 28.0 Å². The molecule has 0 fully saturated rings. The second-order valence-corrected chi connectivity index (χ2v) is 6.99. The lowest BCUT2D eigenvalue weighted by atomic mass is 9.96. The maximum atomic E-state index is 11.1. The van der Waals surface area contributed by atoms with Crippen molar-refractivity contribution in [1.29, 1.82) is 0 Å². The van der Waals surface area contributed by atoms with Crippen LogP contribution in [-0.4, -0.2) is 21.7 Å². The molecular weight excluding hydrogens is 374 g/mol. The number of nitrogens with zero attached hydrogens (tertiary/aromatic N) is 2. The molecule has 0 saturated carbocycles. The number of aryl methyl sites for hydroxylation is 1. The minimum atomic E-state index is -0.319. The molecule has 0 saturated heterocycles. The summed E-state index contributed by atoms with van der Waals surface area (Å²) < 4.78 is 5.60. The number of phenols is 1. The Bertz CT molecular complexity index is 1160. The number of benzene rings is 2. The fourth-order valence-electron chi connectivity index (χ4n) is 3.37. The van der Waals surface area contributed by atoms with Gasteiger partial charge >= 0.3 is 0 Å². The minimum Gasteiger partial charge on any atom is -0.505 e. The molecule has 1 atom stereocenters. The van der Waals surface area contributed by atoms with Crippen molar-refractivity contribution >= 4 is 16.7 Å². The summed E-state index contributed by atoms with van der Waals surface area (Å²) >= 11 is 0. The number of phenolic OH excluding ortho intramolecular Hbond substituents is 1. The highest BCUT2D eigenvalue weighted by molar-refractivity contribution is 5.86. The van der Waals surface area contributed by atoms with Gasteiger partial charge in [-0.25, -0.2) is 9.97 Å². The molecule has 0 bridgehead atoms. The van der Waals surface area contributed by atoms with Crippen LogP contribution in [0.1, 0.15) is 22.9 Å². The summed E-state index contributed by atoms with van der Waals surface area (Å²) in [5, 5.41) is 15.4. The van der Waals surface area contributed by atoms with Gasteiger partial charge in [0.1, 0.15) is 29.4 Å². The van der Waals surface area contributed by atoms with Crippen molar-refractivity contribution in [2.24, 2.45) is 0 Å². The van der Waals surface area contributed by atoms with Crippen LogP contribution >= 0.6 is 0 Å². The first-order chi connectivity index (χ1) is 14.7. The number of rotatable bonds is 7. The van der Waals surface area contributed by atoms with Gasteiger partial charge in [-0.05, 0) is 42.8 Å². The number of nitrogens with one attached hydrogen (secondary N) is 1. The van der Waals surface area contributed by atoms with Crippen molar-refractivity contribution in [2.75, 3.05) is 11.9 Å². The van der Waals surface area contributed by atoms with Gasteiger partial charge in [0, 0.05) is 22.8 Å². The third kappa shape index (κ3) is 4.10. The van der Waals surface area contributed by atoms with E-state index in [-0.39, 0.29) is 11.8 Å². The van der Waals surface area contributed by atoms with Crippen molar-refractivity contribution in [3.63, 3.8) is 0 Å². The van der Waals surface area contributed by atoms with Crippen molar-refractivity contribution < 1.29 is 9.84 Å². The molecule has 0 aliphatic carbocycles. The van der Waals surface area contributed by atoms with E-state index in [0.29, 0.717) is 17.9 Å². The van der Waals surface area contributed by atoms with Crippen LogP contribution in [0.4, 0.5) is 5.82 Å². The average Bonchev–Trinajstić information content (AvgIpc) is 2.78. The first kappa shape index (κ1) is 19.5. The van der Waals surface area contributed by atoms with E-state index in [1.807, 2.05) is 73.7 Å². The standard InChI is InChI=1S/C25H23N3O2/c1-3-16-30-20-12-9-18(10-13-20)23(28-22-6-4-5-15-26-22)21-14-11-19-8-7-17(2)27-24(19)25(21)29/h3-15,23,29H,1,16H2,2H3,(H,26,28)/t23-/m0/s1. The van der Waals surface area contributed by atoms with Gasteiger partial charge in [0.25, 0.3) is 0 Å². The number of aromatic nitrogens is 2. The molecule has 30 heavy (non-hydrogen) atoms. The Balaban J connectivity index is 1.78. The Morgan fingerprint density at radius 3 is 2.60 bits per heavy atom. The van der Waals surface area contributed by atoms with Crippen LogP contribution in [-0.2, 0) is 0 Å². The average molecular weight is 397 g/mol. The topological polar surface area (TPSA) is 67.3 Å². The molecule has 5 nitrogen and oxygen atoms in total. The Labute approximate surface area is 175 Å². The summed E-state index contributed by atoms with van der Waals surface area (Å²) in [6.45, 7) is 6.04. The number of fused-ring (bicyclic) bond motifs is 1. The van der Waals surface area contributed by atoms with E-state index < -0.39 is 0 Å². The Morgan fingerprint density at radius 1 is 1.07 bits per heavy atom. The molecule has 4 rings (SSSR count). The summed E-state index contributed by atoms with van der Waals surface area (Å²) in [6.07, 6.45) is 3.44. The van der Waals surface area contributed by atoms with E-state index in [1.54, 1.807) is 12.3 Å². The van der Waals surface area contributed by atoms with E-state index >= 15 is 0 Å². The zero-order valence-corrected chi connectivity index (χ0v) is 16.7. The summed E-state index contributed by atoms with van der Waals surface area (Å²) in [6, 6.07) is 21.0. The van der Waals surface area contributed by atoms with Gasteiger partial charge in [0.05, 0.1) is 6.04 Å². The monoisotopic (exact) mass is 397 g/mol. The van der Waals surface area contributed by atoms with Crippen LogP contribution in [0.2, 0.25) is 0 Å². The van der Waals surface area contributed by atoms with E-state index in [1.165, 1.54) is 0 Å². The summed E-state index contributed by atoms with van der Waals surface area (Å²) in [4.78, 5) is 8.93. The molecule has 2 heterocycles. The van der Waals surface area contributed by atoms with Gasteiger partial charge in [0.15, 0.2) is 0 Å². The highest BCUT2D eigenvalue weighted by atomic mass is 16.5. The zero-order valence-electron chi connectivity index (χ0n) is 16.7. The third-order valence-corrected chi connectivity index (χ3v) is 4.86. The Kier molecular flexibility index (Phi) is 5.61. The number of pyridine rings is 2. The summed E-state index contributed by atoms with van der Waals surface area (Å²) in [5.41, 5.74) is 3.14. The number of ether oxygens (including phenoxy) is 1.